The van der Waals surface area contributed by atoms with Gasteiger partial charge in [0.2, 0.25) is 0 Å². The van der Waals surface area contributed by atoms with Crippen LogP contribution in [0.5, 0.6) is 0 Å². The molecule has 2 heteroatoms. The number of hydrogen-bond acceptors (Lipinski definition) is 2. The van der Waals surface area contributed by atoms with Gasteiger partial charge in [-0.15, -0.1) is 0 Å². The molecule has 0 saturated heterocycles. The molecule has 2 nitrogen and oxygen atoms in total. The molecule has 0 aliphatic heterocycles. The van der Waals surface area contributed by atoms with Crippen molar-refractivity contribution in [3.05, 3.63) is 0 Å². The summed E-state index contributed by atoms with van der Waals surface area (Å²) in [5.41, 5.74) is 0.456. The third-order valence-corrected chi connectivity index (χ3v) is 4.01. The van der Waals surface area contributed by atoms with Crippen molar-refractivity contribution in [2.75, 3.05) is 6.61 Å². The third kappa shape index (κ3) is 2.28. The highest BCUT2D eigenvalue weighted by Gasteiger charge is 2.43. The third-order valence-electron chi connectivity index (χ3n) is 4.01. The molecule has 0 amide bonds. The van der Waals surface area contributed by atoms with Gasteiger partial charge < -0.3 is 4.74 Å². The number of ether oxygens (including phenoxy) is 1. The van der Waals surface area contributed by atoms with Gasteiger partial charge in [-0.05, 0) is 18.3 Å². The molecule has 1 rings (SSSR count). The fraction of sp³-hybridized carbons (Fsp3) is 0.917. The van der Waals surface area contributed by atoms with Gasteiger partial charge in [-0.25, -0.2) is 0 Å². The van der Waals surface area contributed by atoms with E-state index in [0.29, 0.717) is 12.0 Å². The molecule has 0 spiro atoms. The molecular formula is C12H22O2. The van der Waals surface area contributed by atoms with Crippen LogP contribution in [0.15, 0.2) is 0 Å². The summed E-state index contributed by atoms with van der Waals surface area (Å²) in [6, 6.07) is 0. The van der Waals surface area contributed by atoms with E-state index in [9.17, 15) is 4.79 Å². The minimum atomic E-state index is -0.160. The Kier molecular flexibility index (Phi) is 3.23. The molecule has 14 heavy (non-hydrogen) atoms. The maximum absolute atomic E-state index is 10.8. The zero-order chi connectivity index (χ0) is 10.8. The van der Waals surface area contributed by atoms with E-state index in [1.54, 1.807) is 0 Å². The lowest BCUT2D eigenvalue weighted by molar-refractivity contribution is -0.149. The highest BCUT2D eigenvalue weighted by Crippen LogP contribution is 2.50. The van der Waals surface area contributed by atoms with Gasteiger partial charge in [0, 0.05) is 12.3 Å². The van der Waals surface area contributed by atoms with Crippen molar-refractivity contribution in [2.24, 2.45) is 10.8 Å². The molecule has 1 atom stereocenters. The first-order chi connectivity index (χ1) is 6.37. The van der Waals surface area contributed by atoms with E-state index in [1.165, 1.54) is 32.6 Å². The largest absolute Gasteiger partial charge is 0.465 e. The van der Waals surface area contributed by atoms with Crippen LogP contribution in [-0.2, 0) is 9.53 Å². The molecule has 1 aliphatic carbocycles. The zero-order valence-electron chi connectivity index (χ0n) is 9.85. The van der Waals surface area contributed by atoms with Crippen LogP contribution in [0.25, 0.3) is 0 Å². The molecule has 0 heterocycles. The first-order valence-corrected chi connectivity index (χ1v) is 5.51. The van der Waals surface area contributed by atoms with Gasteiger partial charge in [0.1, 0.15) is 0 Å². The molecule has 0 aromatic heterocycles. The first kappa shape index (κ1) is 11.5. The molecule has 82 valence electrons. The average Bonchev–Trinajstić information content (AvgIpc) is 2.07. The Bertz CT molecular complexity index is 220. The van der Waals surface area contributed by atoms with Crippen molar-refractivity contribution in [1.29, 1.82) is 0 Å². The minimum absolute atomic E-state index is 0.160. The molecule has 1 fully saturated rings. The van der Waals surface area contributed by atoms with Crippen LogP contribution in [0.2, 0.25) is 0 Å². The summed E-state index contributed by atoms with van der Waals surface area (Å²) >= 11 is 0. The van der Waals surface area contributed by atoms with Gasteiger partial charge in [0.15, 0.2) is 0 Å². The second-order valence-corrected chi connectivity index (χ2v) is 5.43. The first-order valence-electron chi connectivity index (χ1n) is 5.51. The van der Waals surface area contributed by atoms with Gasteiger partial charge in [-0.2, -0.15) is 0 Å². The van der Waals surface area contributed by atoms with Crippen molar-refractivity contribution >= 4 is 5.97 Å². The molecule has 0 aromatic carbocycles. The van der Waals surface area contributed by atoms with Crippen LogP contribution >= 0.6 is 0 Å². The zero-order valence-corrected chi connectivity index (χ0v) is 9.85. The lowest BCUT2D eigenvalue weighted by atomic mass is 9.59. The summed E-state index contributed by atoms with van der Waals surface area (Å²) in [7, 11) is 0. The van der Waals surface area contributed by atoms with Crippen LogP contribution < -0.4 is 0 Å². The minimum Gasteiger partial charge on any atom is -0.465 e. The summed E-state index contributed by atoms with van der Waals surface area (Å²) < 4.78 is 5.18. The van der Waals surface area contributed by atoms with Gasteiger partial charge in [-0.1, -0.05) is 33.6 Å². The second-order valence-electron chi connectivity index (χ2n) is 5.43. The lowest BCUT2D eigenvalue weighted by Crippen LogP contribution is -2.42. The van der Waals surface area contributed by atoms with Crippen molar-refractivity contribution < 1.29 is 9.53 Å². The summed E-state index contributed by atoms with van der Waals surface area (Å²) in [4.78, 5) is 10.8. The molecule has 0 bridgehead atoms. The summed E-state index contributed by atoms with van der Waals surface area (Å²) in [5.74, 6) is -0.160. The van der Waals surface area contributed by atoms with Crippen molar-refractivity contribution in [3.63, 3.8) is 0 Å². The van der Waals surface area contributed by atoms with Crippen LogP contribution in [0, 0.1) is 10.8 Å². The van der Waals surface area contributed by atoms with Crippen LogP contribution in [0.1, 0.15) is 53.4 Å². The Labute approximate surface area is 87.0 Å². The van der Waals surface area contributed by atoms with Crippen LogP contribution in [0.3, 0.4) is 0 Å². The molecule has 0 aromatic rings. The van der Waals surface area contributed by atoms with Crippen LogP contribution in [-0.4, -0.2) is 12.6 Å². The number of esters is 1. The number of carbonyl (C=O) groups excluding carboxylic acids is 1. The molecule has 0 N–H and O–H groups in total. The molecule has 1 saturated carbocycles. The highest BCUT2D eigenvalue weighted by atomic mass is 16.5. The van der Waals surface area contributed by atoms with Crippen molar-refractivity contribution in [1.82, 2.24) is 0 Å². The van der Waals surface area contributed by atoms with Crippen molar-refractivity contribution in [2.45, 2.75) is 53.4 Å². The Balaban J connectivity index is 2.64. The highest BCUT2D eigenvalue weighted by molar-refractivity contribution is 5.65. The van der Waals surface area contributed by atoms with Crippen LogP contribution in [0.4, 0.5) is 0 Å². The fourth-order valence-corrected chi connectivity index (χ4v) is 2.25. The van der Waals surface area contributed by atoms with Gasteiger partial charge >= 0.3 is 5.97 Å². The quantitative estimate of drug-likeness (QED) is 0.637. The fourth-order valence-electron chi connectivity index (χ4n) is 2.25. The van der Waals surface area contributed by atoms with E-state index >= 15 is 0 Å². The van der Waals surface area contributed by atoms with E-state index in [2.05, 4.69) is 20.8 Å². The maximum atomic E-state index is 10.8. The van der Waals surface area contributed by atoms with E-state index < -0.39 is 0 Å². The number of hydrogen-bond donors (Lipinski definition) is 0. The normalized spacial score (nSPS) is 31.1. The smallest absolute Gasteiger partial charge is 0.302 e. The van der Waals surface area contributed by atoms with E-state index in [4.69, 9.17) is 4.74 Å². The van der Waals surface area contributed by atoms with E-state index in [-0.39, 0.29) is 11.4 Å². The van der Waals surface area contributed by atoms with Gasteiger partial charge in [0.05, 0.1) is 6.61 Å². The topological polar surface area (TPSA) is 26.3 Å². The lowest BCUT2D eigenvalue weighted by Gasteiger charge is -2.47. The van der Waals surface area contributed by atoms with Gasteiger partial charge in [-0.3, -0.25) is 4.79 Å². The Morgan fingerprint density at radius 2 is 1.79 bits per heavy atom. The summed E-state index contributed by atoms with van der Waals surface area (Å²) in [5, 5.41) is 0. The van der Waals surface area contributed by atoms with Gasteiger partial charge in [0.25, 0.3) is 0 Å². The molecule has 1 aliphatic rings. The van der Waals surface area contributed by atoms with Crippen molar-refractivity contribution in [3.8, 4) is 0 Å². The number of carbonyl (C=O) groups is 1. The maximum Gasteiger partial charge on any atom is 0.302 e. The summed E-state index contributed by atoms with van der Waals surface area (Å²) in [6.07, 6.45) is 4.99. The Hall–Kier alpha value is -0.530. The average molecular weight is 198 g/mol. The molecule has 1 unspecified atom stereocenters. The second kappa shape index (κ2) is 3.92. The monoisotopic (exact) mass is 198 g/mol. The SMILES string of the molecule is CC(=O)OCC1(C)CCCCC1(C)C. The Morgan fingerprint density at radius 3 is 2.29 bits per heavy atom. The standard InChI is InChI=1S/C12H22O2/c1-10(13)14-9-12(4)8-6-5-7-11(12,2)3/h5-9H2,1-4H3. The van der Waals surface area contributed by atoms with E-state index in [0.717, 1.165) is 0 Å². The Morgan fingerprint density at radius 1 is 1.21 bits per heavy atom. The summed E-state index contributed by atoms with van der Waals surface area (Å²) in [6.45, 7) is 8.88. The van der Waals surface area contributed by atoms with E-state index in [1.807, 2.05) is 0 Å². The molecular weight excluding hydrogens is 176 g/mol. The predicted molar refractivity (Wildman–Crippen MR) is 57.0 cm³/mol. The predicted octanol–water partition coefficient (Wildman–Crippen LogP) is 3.16. The number of rotatable bonds is 2. The molecule has 0 radical (unpaired) electrons.